The molecule has 1 atom stereocenters. The zero-order chi connectivity index (χ0) is 21.3. The summed E-state index contributed by atoms with van der Waals surface area (Å²) in [5.74, 6) is -0.363. The largest absolute Gasteiger partial charge is 0.379 e. The maximum atomic E-state index is 12.4. The Morgan fingerprint density at radius 3 is 2.40 bits per heavy atom. The van der Waals surface area contributed by atoms with Gasteiger partial charge in [0.15, 0.2) is 0 Å². The van der Waals surface area contributed by atoms with Crippen LogP contribution < -0.4 is 10.6 Å². The molecule has 8 heteroatoms. The van der Waals surface area contributed by atoms with Crippen molar-refractivity contribution in [2.24, 2.45) is 0 Å². The van der Waals surface area contributed by atoms with Gasteiger partial charge in [0.05, 0.1) is 19.3 Å². The van der Waals surface area contributed by atoms with Crippen molar-refractivity contribution in [3.8, 4) is 0 Å². The SMILES string of the molecule is O=C(CCNC(=O)c1ccc(Cl)cc1)NCC(c1ccccc1Cl)N1CCOCC1. The van der Waals surface area contributed by atoms with Crippen molar-refractivity contribution in [1.82, 2.24) is 15.5 Å². The van der Waals surface area contributed by atoms with Gasteiger partial charge in [-0.1, -0.05) is 41.4 Å². The molecule has 1 saturated heterocycles. The number of benzene rings is 2. The number of morpholine rings is 1. The third-order valence-electron chi connectivity index (χ3n) is 4.99. The molecule has 2 aromatic rings. The molecule has 0 aliphatic carbocycles. The van der Waals surface area contributed by atoms with Crippen LogP contribution in [0.4, 0.5) is 0 Å². The van der Waals surface area contributed by atoms with Gasteiger partial charge in [0, 0.05) is 48.2 Å². The summed E-state index contributed by atoms with van der Waals surface area (Å²) < 4.78 is 5.45. The van der Waals surface area contributed by atoms with E-state index in [0.717, 1.165) is 18.7 Å². The Morgan fingerprint density at radius 2 is 1.70 bits per heavy atom. The number of carbonyl (C=O) groups excluding carboxylic acids is 2. The van der Waals surface area contributed by atoms with Crippen LogP contribution in [-0.4, -0.2) is 56.1 Å². The van der Waals surface area contributed by atoms with Crippen molar-refractivity contribution < 1.29 is 14.3 Å². The van der Waals surface area contributed by atoms with Gasteiger partial charge in [0.1, 0.15) is 0 Å². The van der Waals surface area contributed by atoms with Crippen LogP contribution in [-0.2, 0) is 9.53 Å². The molecule has 1 fully saturated rings. The molecule has 2 N–H and O–H groups in total. The van der Waals surface area contributed by atoms with Gasteiger partial charge in [-0.15, -0.1) is 0 Å². The Morgan fingerprint density at radius 1 is 1.00 bits per heavy atom. The third kappa shape index (κ3) is 6.44. The minimum atomic E-state index is -0.235. The van der Waals surface area contributed by atoms with Gasteiger partial charge in [-0.3, -0.25) is 14.5 Å². The lowest BCUT2D eigenvalue weighted by molar-refractivity contribution is -0.121. The average Bonchev–Trinajstić information content (AvgIpc) is 2.76. The number of rotatable bonds is 8. The number of hydrogen-bond donors (Lipinski definition) is 2. The minimum absolute atomic E-state index is 0.0322. The summed E-state index contributed by atoms with van der Waals surface area (Å²) >= 11 is 12.2. The van der Waals surface area contributed by atoms with Crippen LogP contribution >= 0.6 is 23.2 Å². The molecule has 30 heavy (non-hydrogen) atoms. The van der Waals surface area contributed by atoms with E-state index < -0.39 is 0 Å². The first-order chi connectivity index (χ1) is 14.5. The molecule has 0 spiro atoms. The van der Waals surface area contributed by atoms with E-state index in [1.54, 1.807) is 24.3 Å². The number of nitrogens with zero attached hydrogens (tertiary/aromatic N) is 1. The smallest absolute Gasteiger partial charge is 0.251 e. The average molecular weight is 450 g/mol. The van der Waals surface area contributed by atoms with E-state index in [2.05, 4.69) is 15.5 Å². The Labute approximate surface area is 186 Å². The van der Waals surface area contributed by atoms with E-state index in [4.69, 9.17) is 27.9 Å². The molecule has 1 unspecified atom stereocenters. The summed E-state index contributed by atoms with van der Waals surface area (Å²) in [5, 5.41) is 6.98. The Balaban J connectivity index is 1.51. The quantitative estimate of drug-likeness (QED) is 0.648. The molecule has 0 bridgehead atoms. The maximum absolute atomic E-state index is 12.4. The lowest BCUT2D eigenvalue weighted by Crippen LogP contribution is -2.44. The first kappa shape index (κ1) is 22.6. The van der Waals surface area contributed by atoms with E-state index >= 15 is 0 Å². The number of carbonyl (C=O) groups is 2. The normalized spacial score (nSPS) is 15.4. The van der Waals surface area contributed by atoms with Gasteiger partial charge in [-0.2, -0.15) is 0 Å². The zero-order valence-electron chi connectivity index (χ0n) is 16.6. The molecule has 0 radical (unpaired) electrons. The van der Waals surface area contributed by atoms with E-state index in [1.807, 2.05) is 24.3 Å². The van der Waals surface area contributed by atoms with Crippen LogP contribution in [0, 0.1) is 0 Å². The van der Waals surface area contributed by atoms with E-state index in [-0.39, 0.29) is 30.8 Å². The molecule has 1 heterocycles. The first-order valence-corrected chi connectivity index (χ1v) is 10.7. The summed E-state index contributed by atoms with van der Waals surface area (Å²) in [6.07, 6.45) is 0.192. The van der Waals surface area contributed by atoms with Crippen molar-refractivity contribution >= 4 is 35.0 Å². The van der Waals surface area contributed by atoms with E-state index in [0.29, 0.717) is 35.4 Å². The topological polar surface area (TPSA) is 70.7 Å². The summed E-state index contributed by atoms with van der Waals surface area (Å²) in [6.45, 7) is 3.57. The van der Waals surface area contributed by atoms with E-state index in [9.17, 15) is 9.59 Å². The van der Waals surface area contributed by atoms with Gasteiger partial charge in [0.25, 0.3) is 5.91 Å². The molecule has 2 aromatic carbocycles. The number of hydrogen-bond acceptors (Lipinski definition) is 4. The molecule has 3 rings (SSSR count). The summed E-state index contributed by atoms with van der Waals surface area (Å²) in [6, 6.07) is 14.3. The van der Waals surface area contributed by atoms with Crippen molar-refractivity contribution in [3.05, 3.63) is 69.7 Å². The fourth-order valence-corrected chi connectivity index (χ4v) is 3.75. The number of halogens is 2. The number of nitrogens with one attached hydrogen (secondary N) is 2. The highest BCUT2D eigenvalue weighted by Crippen LogP contribution is 2.27. The predicted molar refractivity (Wildman–Crippen MR) is 118 cm³/mol. The zero-order valence-corrected chi connectivity index (χ0v) is 18.1. The van der Waals surface area contributed by atoms with E-state index in [1.165, 1.54) is 0 Å². The molecular weight excluding hydrogens is 425 g/mol. The lowest BCUT2D eigenvalue weighted by atomic mass is 10.0. The Bertz CT molecular complexity index is 855. The molecule has 160 valence electrons. The van der Waals surface area contributed by atoms with Crippen molar-refractivity contribution in [3.63, 3.8) is 0 Å². The van der Waals surface area contributed by atoms with Crippen LogP contribution in [0.5, 0.6) is 0 Å². The predicted octanol–water partition coefficient (Wildman–Crippen LogP) is 3.30. The molecule has 0 saturated carbocycles. The van der Waals surface area contributed by atoms with Crippen molar-refractivity contribution in [2.75, 3.05) is 39.4 Å². The highest BCUT2D eigenvalue weighted by atomic mass is 35.5. The Kier molecular flexibility index (Phi) is 8.51. The summed E-state index contributed by atoms with van der Waals surface area (Å²) in [7, 11) is 0. The highest BCUT2D eigenvalue weighted by molar-refractivity contribution is 6.31. The van der Waals surface area contributed by atoms with Gasteiger partial charge >= 0.3 is 0 Å². The maximum Gasteiger partial charge on any atom is 0.251 e. The first-order valence-electron chi connectivity index (χ1n) is 9.91. The van der Waals surface area contributed by atoms with Gasteiger partial charge < -0.3 is 15.4 Å². The monoisotopic (exact) mass is 449 g/mol. The van der Waals surface area contributed by atoms with Crippen molar-refractivity contribution in [2.45, 2.75) is 12.5 Å². The molecule has 0 aromatic heterocycles. The lowest BCUT2D eigenvalue weighted by Gasteiger charge is -2.35. The second-order valence-corrected chi connectivity index (χ2v) is 7.85. The Hall–Kier alpha value is -2.12. The van der Waals surface area contributed by atoms with Gasteiger partial charge in [-0.25, -0.2) is 0 Å². The molecule has 1 aliphatic rings. The number of amides is 2. The number of ether oxygens (including phenoxy) is 1. The fraction of sp³-hybridized carbons (Fsp3) is 0.364. The van der Waals surface area contributed by atoms with Crippen LogP contribution in [0.2, 0.25) is 10.0 Å². The summed E-state index contributed by atoms with van der Waals surface area (Å²) in [4.78, 5) is 26.7. The van der Waals surface area contributed by atoms with Gasteiger partial charge in [-0.05, 0) is 35.9 Å². The van der Waals surface area contributed by atoms with Gasteiger partial charge in [0.2, 0.25) is 5.91 Å². The minimum Gasteiger partial charge on any atom is -0.379 e. The highest BCUT2D eigenvalue weighted by Gasteiger charge is 2.24. The second kappa shape index (κ2) is 11.3. The second-order valence-electron chi connectivity index (χ2n) is 7.00. The standard InChI is InChI=1S/C22H25Cl2N3O3/c23-17-7-5-16(6-8-17)22(29)25-10-9-21(28)26-15-20(27-11-13-30-14-12-27)18-3-1-2-4-19(18)24/h1-8,20H,9-15H2,(H,25,29)(H,26,28). The van der Waals surface area contributed by atoms with Crippen LogP contribution in [0.15, 0.2) is 48.5 Å². The van der Waals surface area contributed by atoms with Crippen molar-refractivity contribution in [1.29, 1.82) is 0 Å². The van der Waals surface area contributed by atoms with Crippen LogP contribution in [0.1, 0.15) is 28.4 Å². The molecule has 1 aliphatic heterocycles. The van der Waals surface area contributed by atoms with Crippen LogP contribution in [0.25, 0.3) is 0 Å². The fourth-order valence-electron chi connectivity index (χ4n) is 3.36. The molecule has 2 amide bonds. The molecule has 6 nitrogen and oxygen atoms in total. The van der Waals surface area contributed by atoms with Crippen LogP contribution in [0.3, 0.4) is 0 Å². The third-order valence-corrected chi connectivity index (χ3v) is 5.58. The molecular formula is C22H25Cl2N3O3. The summed E-state index contributed by atoms with van der Waals surface area (Å²) in [5.41, 5.74) is 1.49.